The largest absolute Gasteiger partial charge is 0.495 e. The lowest BCUT2D eigenvalue weighted by molar-refractivity contribution is 0.262. The molecule has 1 aromatic carbocycles. The lowest BCUT2D eigenvalue weighted by Crippen LogP contribution is -2.20. The van der Waals surface area contributed by atoms with Crippen molar-refractivity contribution >= 4 is 17.5 Å². The van der Waals surface area contributed by atoms with Gasteiger partial charge >= 0.3 is 6.03 Å². The van der Waals surface area contributed by atoms with Crippen LogP contribution < -0.4 is 15.4 Å². The number of carbonyl (C=O) groups is 1. The molecule has 0 saturated heterocycles. The van der Waals surface area contributed by atoms with Gasteiger partial charge in [-0.1, -0.05) is 12.1 Å². The predicted molar refractivity (Wildman–Crippen MR) is 82.6 cm³/mol. The number of methoxy groups -OCH3 is 1. The van der Waals surface area contributed by atoms with Gasteiger partial charge in [-0.15, -0.1) is 0 Å². The van der Waals surface area contributed by atoms with Gasteiger partial charge in [0.15, 0.2) is 5.82 Å². The fourth-order valence-electron chi connectivity index (χ4n) is 1.89. The van der Waals surface area contributed by atoms with E-state index in [-0.39, 0.29) is 0 Å². The molecule has 3 aromatic rings. The first kappa shape index (κ1) is 14.4. The minimum absolute atomic E-state index is 0.331. The number of rotatable bonds is 4. The number of hydrogen-bond donors (Lipinski definition) is 2. The maximum Gasteiger partial charge on any atom is 0.324 e. The molecular formula is C14H13N7O2. The van der Waals surface area contributed by atoms with Crippen molar-refractivity contribution in [2.24, 2.45) is 0 Å². The van der Waals surface area contributed by atoms with E-state index in [1.165, 1.54) is 30.8 Å². The number of anilines is 2. The van der Waals surface area contributed by atoms with Crippen LogP contribution >= 0.6 is 0 Å². The number of nitrogens with one attached hydrogen (secondary N) is 2. The van der Waals surface area contributed by atoms with E-state index in [0.29, 0.717) is 23.1 Å². The molecule has 0 fully saturated rings. The summed E-state index contributed by atoms with van der Waals surface area (Å²) in [5, 5.41) is 9.29. The number of aromatic nitrogens is 5. The van der Waals surface area contributed by atoms with Gasteiger partial charge in [-0.3, -0.25) is 5.32 Å². The maximum atomic E-state index is 12.1. The highest BCUT2D eigenvalue weighted by molar-refractivity contribution is 6.00. The van der Waals surface area contributed by atoms with Gasteiger partial charge in [-0.2, -0.15) is 5.10 Å². The van der Waals surface area contributed by atoms with E-state index >= 15 is 0 Å². The van der Waals surface area contributed by atoms with Crippen molar-refractivity contribution in [3.63, 3.8) is 0 Å². The topological polar surface area (TPSA) is 107 Å². The third-order valence-corrected chi connectivity index (χ3v) is 2.90. The molecule has 2 amide bonds. The number of benzene rings is 1. The molecule has 9 heteroatoms. The zero-order valence-electron chi connectivity index (χ0n) is 12.2. The highest BCUT2D eigenvalue weighted by atomic mass is 16.5. The van der Waals surface area contributed by atoms with E-state index in [1.54, 1.807) is 24.3 Å². The standard InChI is InChI=1S/C14H13N7O2/c1-23-11-5-3-2-4-10(11)19-14(22)20-12-6-13(17-8-16-12)21-9-15-7-18-21/h2-9H,1H3,(H2,16,17,19,20,22). The van der Waals surface area contributed by atoms with Gasteiger partial charge in [0, 0.05) is 6.07 Å². The summed E-state index contributed by atoms with van der Waals surface area (Å²) in [5.74, 6) is 1.39. The maximum absolute atomic E-state index is 12.1. The van der Waals surface area contributed by atoms with Crippen LogP contribution in [0.4, 0.5) is 16.3 Å². The minimum atomic E-state index is -0.447. The van der Waals surface area contributed by atoms with Gasteiger partial charge < -0.3 is 10.1 Å². The van der Waals surface area contributed by atoms with Crippen LogP contribution in [0, 0.1) is 0 Å². The quantitative estimate of drug-likeness (QED) is 0.759. The van der Waals surface area contributed by atoms with E-state index in [2.05, 4.69) is 30.7 Å². The number of urea groups is 1. The average molecular weight is 311 g/mol. The Morgan fingerprint density at radius 1 is 1.17 bits per heavy atom. The molecule has 2 heterocycles. The average Bonchev–Trinajstić information content (AvgIpc) is 3.10. The molecule has 0 aliphatic carbocycles. The zero-order chi connectivity index (χ0) is 16.1. The van der Waals surface area contributed by atoms with E-state index in [9.17, 15) is 4.79 Å². The van der Waals surface area contributed by atoms with E-state index in [1.807, 2.05) is 6.07 Å². The number of carbonyl (C=O) groups excluding carboxylic acids is 1. The summed E-state index contributed by atoms with van der Waals surface area (Å²) in [5.41, 5.74) is 0.554. The molecule has 0 atom stereocenters. The molecule has 2 N–H and O–H groups in total. The van der Waals surface area contributed by atoms with Crippen molar-refractivity contribution in [1.29, 1.82) is 0 Å². The van der Waals surface area contributed by atoms with Crippen molar-refractivity contribution in [3.05, 3.63) is 49.3 Å². The second-order valence-electron chi connectivity index (χ2n) is 4.38. The second kappa shape index (κ2) is 6.52. The van der Waals surface area contributed by atoms with E-state index < -0.39 is 6.03 Å². The molecule has 0 aliphatic rings. The first-order valence-electron chi connectivity index (χ1n) is 6.64. The summed E-state index contributed by atoms with van der Waals surface area (Å²) in [7, 11) is 1.53. The molecule has 0 aliphatic heterocycles. The van der Waals surface area contributed by atoms with Crippen LogP contribution in [0.2, 0.25) is 0 Å². The second-order valence-corrected chi connectivity index (χ2v) is 4.38. The minimum Gasteiger partial charge on any atom is -0.495 e. The summed E-state index contributed by atoms with van der Waals surface area (Å²) in [6.45, 7) is 0. The molecule has 9 nitrogen and oxygen atoms in total. The molecule has 2 aromatic heterocycles. The number of amides is 2. The van der Waals surface area contributed by atoms with Crippen molar-refractivity contribution < 1.29 is 9.53 Å². The smallest absolute Gasteiger partial charge is 0.324 e. The van der Waals surface area contributed by atoms with Crippen molar-refractivity contribution in [1.82, 2.24) is 24.7 Å². The first-order valence-corrected chi connectivity index (χ1v) is 6.64. The highest BCUT2D eigenvalue weighted by Crippen LogP contribution is 2.23. The van der Waals surface area contributed by atoms with E-state index in [4.69, 9.17) is 4.74 Å². The van der Waals surface area contributed by atoms with E-state index in [0.717, 1.165) is 0 Å². The van der Waals surface area contributed by atoms with Crippen molar-refractivity contribution in [2.45, 2.75) is 0 Å². The van der Waals surface area contributed by atoms with Crippen LogP contribution in [0.25, 0.3) is 5.82 Å². The number of para-hydroxylation sites is 2. The van der Waals surface area contributed by atoms with Crippen LogP contribution in [0.3, 0.4) is 0 Å². The molecule has 0 unspecified atom stereocenters. The fourth-order valence-corrected chi connectivity index (χ4v) is 1.89. The van der Waals surface area contributed by atoms with Crippen LogP contribution in [0.1, 0.15) is 0 Å². The summed E-state index contributed by atoms with van der Waals surface area (Å²) < 4.78 is 6.64. The molecule has 0 spiro atoms. The van der Waals surface area contributed by atoms with Crippen LogP contribution in [-0.4, -0.2) is 37.9 Å². The van der Waals surface area contributed by atoms with Crippen molar-refractivity contribution in [2.75, 3.05) is 17.7 Å². The lowest BCUT2D eigenvalue weighted by atomic mass is 10.3. The van der Waals surface area contributed by atoms with Gasteiger partial charge in [-0.05, 0) is 12.1 Å². The molecular weight excluding hydrogens is 298 g/mol. The molecule has 116 valence electrons. The van der Waals surface area contributed by atoms with Crippen LogP contribution in [0.15, 0.2) is 49.3 Å². The van der Waals surface area contributed by atoms with Gasteiger partial charge in [0.05, 0.1) is 12.8 Å². The summed E-state index contributed by atoms with van der Waals surface area (Å²) in [6.07, 6.45) is 4.22. The molecule has 3 rings (SSSR count). The Bertz CT molecular complexity index is 804. The molecule has 0 radical (unpaired) electrons. The van der Waals surface area contributed by atoms with Crippen LogP contribution in [-0.2, 0) is 0 Å². The first-order chi connectivity index (χ1) is 11.3. The van der Waals surface area contributed by atoms with Crippen molar-refractivity contribution in [3.8, 4) is 11.6 Å². The Kier molecular flexibility index (Phi) is 4.09. The lowest BCUT2D eigenvalue weighted by Gasteiger charge is -2.10. The van der Waals surface area contributed by atoms with Crippen LogP contribution in [0.5, 0.6) is 5.75 Å². The summed E-state index contributed by atoms with van der Waals surface area (Å²) in [4.78, 5) is 24.0. The zero-order valence-corrected chi connectivity index (χ0v) is 12.2. The Morgan fingerprint density at radius 3 is 2.83 bits per heavy atom. The summed E-state index contributed by atoms with van der Waals surface area (Å²) in [6, 6.07) is 8.24. The molecule has 0 saturated carbocycles. The number of ether oxygens (including phenoxy) is 1. The number of hydrogen-bond acceptors (Lipinski definition) is 6. The predicted octanol–water partition coefficient (Wildman–Crippen LogP) is 1.71. The fraction of sp³-hybridized carbons (Fsp3) is 0.0714. The Morgan fingerprint density at radius 2 is 2.04 bits per heavy atom. The van der Waals surface area contributed by atoms with Gasteiger partial charge in [0.2, 0.25) is 0 Å². The van der Waals surface area contributed by atoms with Gasteiger partial charge in [-0.25, -0.2) is 24.4 Å². The third-order valence-electron chi connectivity index (χ3n) is 2.90. The molecule has 23 heavy (non-hydrogen) atoms. The monoisotopic (exact) mass is 311 g/mol. The third kappa shape index (κ3) is 3.40. The number of nitrogens with zero attached hydrogens (tertiary/aromatic N) is 5. The SMILES string of the molecule is COc1ccccc1NC(=O)Nc1cc(-n2cncn2)ncn1. The summed E-state index contributed by atoms with van der Waals surface area (Å²) >= 11 is 0. The Labute approximate surface area is 131 Å². The van der Waals surface area contributed by atoms with Gasteiger partial charge in [0.25, 0.3) is 0 Å². The Hall–Kier alpha value is -3.49. The Balaban J connectivity index is 1.72. The molecule has 0 bridgehead atoms. The highest BCUT2D eigenvalue weighted by Gasteiger charge is 2.09. The van der Waals surface area contributed by atoms with Gasteiger partial charge in [0.1, 0.15) is 30.5 Å². The normalized spacial score (nSPS) is 10.1.